The lowest BCUT2D eigenvalue weighted by molar-refractivity contribution is -0.0108. The summed E-state index contributed by atoms with van der Waals surface area (Å²) in [5.74, 6) is 0. The summed E-state index contributed by atoms with van der Waals surface area (Å²) in [5.41, 5.74) is -2.49. The molecule has 0 bridgehead atoms. The Morgan fingerprint density at radius 1 is 1.38 bits per heavy atom. The largest absolute Gasteiger partial charge is 0.444 e. The third-order valence-electron chi connectivity index (χ3n) is 4.06. The van der Waals surface area contributed by atoms with Crippen LogP contribution in [0.3, 0.4) is 0 Å². The summed E-state index contributed by atoms with van der Waals surface area (Å²) in [6.07, 6.45) is -0.762. The molecule has 2 atom stereocenters. The monoisotopic (exact) mass is 382 g/mol. The van der Waals surface area contributed by atoms with Gasteiger partial charge in [0.25, 0.3) is 0 Å². The zero-order valence-corrected chi connectivity index (χ0v) is 15.7. The Labute approximate surface area is 152 Å². The number of amides is 1. The van der Waals surface area contributed by atoms with Gasteiger partial charge in [0, 0.05) is 6.54 Å². The minimum Gasteiger partial charge on any atom is -0.444 e. The van der Waals surface area contributed by atoms with Crippen molar-refractivity contribution in [2.45, 2.75) is 42.1 Å². The molecule has 1 fully saturated rings. The average molecular weight is 382 g/mol. The van der Waals surface area contributed by atoms with E-state index in [2.05, 4.69) is 0 Å². The van der Waals surface area contributed by atoms with Crippen LogP contribution >= 0.6 is 0 Å². The molecule has 0 unspecified atom stereocenters. The number of β-amino-alcohol motifs (C(OH)–C–C–N with tert-alkyl or cyclic N) is 1. The maximum Gasteiger partial charge on any atom is 0.410 e. The summed E-state index contributed by atoms with van der Waals surface area (Å²) >= 11 is 0. The molecule has 142 valence electrons. The number of hydrogen-bond acceptors (Lipinski definition) is 7. The lowest BCUT2D eigenvalue weighted by Crippen LogP contribution is -2.49. The van der Waals surface area contributed by atoms with E-state index in [4.69, 9.17) is 10.00 Å². The highest BCUT2D eigenvalue weighted by Crippen LogP contribution is 2.32. The SMILES string of the molecule is CC(C)(C)OC(=O)N1C[C@H](S(=O)(=O)c2ccc(C#N)cc2)[C@@](O)(CO)C1. The molecule has 1 aliphatic rings. The van der Waals surface area contributed by atoms with E-state index in [1.54, 1.807) is 20.8 Å². The molecule has 0 aliphatic carbocycles. The number of hydrogen-bond donors (Lipinski definition) is 2. The number of aliphatic hydroxyl groups is 2. The van der Waals surface area contributed by atoms with E-state index < -0.39 is 39.0 Å². The summed E-state index contributed by atoms with van der Waals surface area (Å²) in [4.78, 5) is 13.2. The molecule has 1 aromatic rings. The van der Waals surface area contributed by atoms with Crippen molar-refractivity contribution in [3.63, 3.8) is 0 Å². The quantitative estimate of drug-likeness (QED) is 0.786. The van der Waals surface area contributed by atoms with Crippen molar-refractivity contribution in [2.75, 3.05) is 19.7 Å². The fraction of sp³-hybridized carbons (Fsp3) is 0.529. The second-order valence-corrected chi connectivity index (χ2v) is 9.42. The Kier molecular flexibility index (Phi) is 5.33. The van der Waals surface area contributed by atoms with E-state index in [1.165, 1.54) is 24.3 Å². The van der Waals surface area contributed by atoms with E-state index in [-0.39, 0.29) is 18.0 Å². The van der Waals surface area contributed by atoms with Crippen LogP contribution < -0.4 is 0 Å². The average Bonchev–Trinajstić information content (AvgIpc) is 2.93. The molecule has 8 nitrogen and oxygen atoms in total. The van der Waals surface area contributed by atoms with Crippen molar-refractivity contribution in [1.82, 2.24) is 4.90 Å². The van der Waals surface area contributed by atoms with Crippen LogP contribution in [-0.2, 0) is 14.6 Å². The van der Waals surface area contributed by atoms with Crippen LogP contribution in [-0.4, -0.2) is 65.8 Å². The number of nitrogens with zero attached hydrogens (tertiary/aromatic N) is 2. The second kappa shape index (κ2) is 6.87. The number of carbonyl (C=O) groups excluding carboxylic acids is 1. The van der Waals surface area contributed by atoms with Crippen LogP contribution in [0.1, 0.15) is 26.3 Å². The van der Waals surface area contributed by atoms with Gasteiger partial charge in [0.15, 0.2) is 9.84 Å². The molecule has 1 aromatic carbocycles. The molecule has 2 N–H and O–H groups in total. The van der Waals surface area contributed by atoms with E-state index in [9.17, 15) is 23.4 Å². The summed E-state index contributed by atoms with van der Waals surface area (Å²) in [6, 6.07) is 7.13. The van der Waals surface area contributed by atoms with Crippen molar-refractivity contribution in [3.05, 3.63) is 29.8 Å². The smallest absolute Gasteiger partial charge is 0.410 e. The van der Waals surface area contributed by atoms with Gasteiger partial charge in [-0.15, -0.1) is 0 Å². The molecule has 26 heavy (non-hydrogen) atoms. The predicted octanol–water partition coefficient (Wildman–Crippen LogP) is 0.675. The molecule has 9 heteroatoms. The molecule has 1 aliphatic heterocycles. The van der Waals surface area contributed by atoms with Gasteiger partial charge in [-0.1, -0.05) is 0 Å². The highest BCUT2D eigenvalue weighted by Gasteiger charge is 2.54. The number of aliphatic hydroxyl groups excluding tert-OH is 1. The van der Waals surface area contributed by atoms with Gasteiger partial charge in [0.1, 0.15) is 16.5 Å². The topological polar surface area (TPSA) is 128 Å². The van der Waals surface area contributed by atoms with Crippen LogP contribution in [0.25, 0.3) is 0 Å². The molecule has 1 amide bonds. The van der Waals surface area contributed by atoms with Crippen molar-refractivity contribution >= 4 is 15.9 Å². The zero-order chi connectivity index (χ0) is 19.8. The molecular weight excluding hydrogens is 360 g/mol. The molecule has 1 saturated heterocycles. The van der Waals surface area contributed by atoms with Crippen LogP contribution in [0.5, 0.6) is 0 Å². The van der Waals surface area contributed by atoms with Gasteiger partial charge in [0.05, 0.1) is 29.7 Å². The maximum atomic E-state index is 12.9. The molecule has 2 rings (SSSR count). The van der Waals surface area contributed by atoms with Crippen LogP contribution in [0.2, 0.25) is 0 Å². The van der Waals surface area contributed by atoms with E-state index in [1.807, 2.05) is 6.07 Å². The van der Waals surface area contributed by atoms with Gasteiger partial charge >= 0.3 is 6.09 Å². The van der Waals surface area contributed by atoms with Gasteiger partial charge < -0.3 is 19.8 Å². The molecule has 0 radical (unpaired) electrons. The first-order chi connectivity index (χ1) is 11.9. The Morgan fingerprint density at radius 3 is 2.42 bits per heavy atom. The molecule has 0 spiro atoms. The van der Waals surface area contributed by atoms with Gasteiger partial charge in [-0.2, -0.15) is 5.26 Å². The lowest BCUT2D eigenvalue weighted by Gasteiger charge is -2.26. The zero-order valence-electron chi connectivity index (χ0n) is 14.8. The Hall–Kier alpha value is -2.15. The number of ether oxygens (including phenoxy) is 1. The van der Waals surface area contributed by atoms with Gasteiger partial charge in [-0.05, 0) is 45.0 Å². The van der Waals surface area contributed by atoms with Crippen LogP contribution in [0.4, 0.5) is 4.79 Å². The van der Waals surface area contributed by atoms with Crippen molar-refractivity contribution in [3.8, 4) is 6.07 Å². The van der Waals surface area contributed by atoms with Crippen molar-refractivity contribution in [1.29, 1.82) is 5.26 Å². The standard InChI is InChI=1S/C17H22N2O6S/c1-16(2,3)25-15(21)19-9-14(17(22,10-19)11-20)26(23,24)13-6-4-12(8-18)5-7-13/h4-7,14,20,22H,9-11H2,1-3H3/t14-,17-/m0/s1. The van der Waals surface area contributed by atoms with Crippen molar-refractivity contribution in [2.24, 2.45) is 0 Å². The highest BCUT2D eigenvalue weighted by atomic mass is 32.2. The first-order valence-electron chi connectivity index (χ1n) is 7.98. The fourth-order valence-electron chi connectivity index (χ4n) is 2.75. The number of benzene rings is 1. The lowest BCUT2D eigenvalue weighted by atomic mass is 10.1. The van der Waals surface area contributed by atoms with E-state index >= 15 is 0 Å². The second-order valence-electron chi connectivity index (χ2n) is 7.29. The molecule has 0 saturated carbocycles. The Morgan fingerprint density at radius 2 is 1.96 bits per heavy atom. The van der Waals surface area contributed by atoms with E-state index in [0.717, 1.165) is 4.90 Å². The Balaban J connectivity index is 2.34. The number of rotatable bonds is 3. The minimum absolute atomic E-state index is 0.0978. The highest BCUT2D eigenvalue weighted by molar-refractivity contribution is 7.92. The van der Waals surface area contributed by atoms with Gasteiger partial charge in [-0.3, -0.25) is 0 Å². The predicted molar refractivity (Wildman–Crippen MR) is 92.0 cm³/mol. The van der Waals surface area contributed by atoms with Gasteiger partial charge in [0.2, 0.25) is 0 Å². The fourth-order valence-corrected chi connectivity index (χ4v) is 4.70. The van der Waals surface area contributed by atoms with Crippen LogP contribution in [0.15, 0.2) is 29.2 Å². The number of sulfone groups is 1. The summed E-state index contributed by atoms with van der Waals surface area (Å²) < 4.78 is 31.1. The van der Waals surface area contributed by atoms with Gasteiger partial charge in [-0.25, -0.2) is 13.2 Å². The first kappa shape index (κ1) is 20.2. The number of nitriles is 1. The van der Waals surface area contributed by atoms with E-state index in [0.29, 0.717) is 5.56 Å². The maximum absolute atomic E-state index is 12.9. The molecular formula is C17H22N2O6S. The summed E-state index contributed by atoms with van der Waals surface area (Å²) in [7, 11) is -4.06. The van der Waals surface area contributed by atoms with Crippen molar-refractivity contribution < 1.29 is 28.2 Å². The first-order valence-corrected chi connectivity index (χ1v) is 9.53. The van der Waals surface area contributed by atoms with Crippen LogP contribution in [0, 0.1) is 11.3 Å². The normalized spacial score (nSPS) is 23.5. The number of carbonyl (C=O) groups is 1. The summed E-state index contributed by atoms with van der Waals surface area (Å²) in [5, 5.41) is 27.6. The third kappa shape index (κ3) is 3.98. The summed E-state index contributed by atoms with van der Waals surface area (Å²) in [6.45, 7) is 3.51. The number of likely N-dealkylation sites (tertiary alicyclic amines) is 1. The minimum atomic E-state index is -4.06. The Bertz CT molecular complexity index is 822. The molecule has 1 heterocycles. The third-order valence-corrected chi connectivity index (χ3v) is 6.33. The molecule has 0 aromatic heterocycles.